The molecule has 0 saturated carbocycles. The maximum absolute atomic E-state index is 10.4. The van der Waals surface area contributed by atoms with Gasteiger partial charge in [-0.25, -0.2) is 9.97 Å². The lowest BCUT2D eigenvalue weighted by molar-refractivity contribution is -0.138. The summed E-state index contributed by atoms with van der Waals surface area (Å²) in [6.07, 6.45) is 2.10. The molecule has 0 aliphatic carbocycles. The van der Waals surface area contributed by atoms with Gasteiger partial charge in [0.2, 0.25) is 0 Å². The molecular weight excluding hydrogens is 214 g/mol. The van der Waals surface area contributed by atoms with Crippen LogP contribution in [-0.4, -0.2) is 32.8 Å². The van der Waals surface area contributed by atoms with Gasteiger partial charge in [0, 0.05) is 17.6 Å². The molecule has 0 radical (unpaired) electrons. The third kappa shape index (κ3) is 4.26. The largest absolute Gasteiger partial charge is 0.480 e. The minimum Gasteiger partial charge on any atom is -0.480 e. The van der Waals surface area contributed by atoms with Crippen LogP contribution in [0.2, 0.25) is 0 Å². The minimum atomic E-state index is -0.972. The van der Waals surface area contributed by atoms with E-state index in [1.165, 1.54) is 11.8 Å². The van der Waals surface area contributed by atoms with Crippen molar-refractivity contribution < 1.29 is 9.90 Å². The molecule has 1 unspecified atom stereocenters. The van der Waals surface area contributed by atoms with Crippen molar-refractivity contribution in [2.24, 2.45) is 5.73 Å². The summed E-state index contributed by atoms with van der Waals surface area (Å²) >= 11 is 1.41. The van der Waals surface area contributed by atoms with Gasteiger partial charge in [-0.2, -0.15) is 0 Å². The highest BCUT2D eigenvalue weighted by Gasteiger charge is 2.11. The van der Waals surface area contributed by atoms with E-state index in [0.29, 0.717) is 17.3 Å². The van der Waals surface area contributed by atoms with Crippen molar-refractivity contribution in [3.8, 4) is 0 Å². The molecule has 1 aromatic rings. The van der Waals surface area contributed by atoms with Crippen LogP contribution >= 0.6 is 11.8 Å². The zero-order valence-electron chi connectivity index (χ0n) is 8.38. The normalized spacial score (nSPS) is 12.4. The van der Waals surface area contributed by atoms with Gasteiger partial charge in [-0.3, -0.25) is 4.79 Å². The molecule has 0 aliphatic rings. The number of hydrogen-bond acceptors (Lipinski definition) is 5. The maximum Gasteiger partial charge on any atom is 0.320 e. The lowest BCUT2D eigenvalue weighted by atomic mass is 10.2. The van der Waals surface area contributed by atoms with Crippen molar-refractivity contribution in [2.45, 2.75) is 24.5 Å². The van der Waals surface area contributed by atoms with Crippen molar-refractivity contribution in [2.75, 3.05) is 5.75 Å². The van der Waals surface area contributed by atoms with E-state index in [1.54, 1.807) is 6.20 Å². The Hall–Kier alpha value is -1.14. The molecule has 5 nitrogen and oxygen atoms in total. The zero-order chi connectivity index (χ0) is 11.3. The first-order valence-corrected chi connectivity index (χ1v) is 5.49. The van der Waals surface area contributed by atoms with Crippen LogP contribution in [0.1, 0.15) is 12.1 Å². The van der Waals surface area contributed by atoms with E-state index in [0.717, 1.165) is 5.69 Å². The van der Waals surface area contributed by atoms with E-state index < -0.39 is 12.0 Å². The second-order valence-corrected chi connectivity index (χ2v) is 4.12. The lowest BCUT2D eigenvalue weighted by Gasteiger charge is -2.04. The number of carbonyl (C=O) groups is 1. The molecule has 3 N–H and O–H groups in total. The zero-order valence-corrected chi connectivity index (χ0v) is 9.20. The summed E-state index contributed by atoms with van der Waals surface area (Å²) in [6.45, 7) is 1.88. The van der Waals surface area contributed by atoms with Gasteiger partial charge in [0.05, 0.1) is 0 Å². The number of carboxylic acids is 1. The third-order valence-corrected chi connectivity index (χ3v) is 2.64. The molecule has 82 valence electrons. The van der Waals surface area contributed by atoms with Gasteiger partial charge in [-0.1, -0.05) is 11.8 Å². The quantitative estimate of drug-likeness (QED) is 0.568. The highest BCUT2D eigenvalue weighted by molar-refractivity contribution is 7.99. The fourth-order valence-corrected chi connectivity index (χ4v) is 1.79. The van der Waals surface area contributed by atoms with Crippen LogP contribution in [0.3, 0.4) is 0 Å². The summed E-state index contributed by atoms with van der Waals surface area (Å²) in [5, 5.41) is 9.22. The summed E-state index contributed by atoms with van der Waals surface area (Å²) < 4.78 is 0. The number of aryl methyl sites for hydroxylation is 1. The van der Waals surface area contributed by atoms with Crippen molar-refractivity contribution in [1.29, 1.82) is 0 Å². The first kappa shape index (κ1) is 11.9. The van der Waals surface area contributed by atoms with Crippen LogP contribution in [0.4, 0.5) is 0 Å². The predicted octanol–water partition coefficient (Wildman–Crippen LogP) is 0.679. The van der Waals surface area contributed by atoms with Crippen LogP contribution in [0.25, 0.3) is 0 Å². The molecule has 0 spiro atoms. The van der Waals surface area contributed by atoms with Crippen LogP contribution in [0, 0.1) is 6.92 Å². The molecule has 0 aromatic carbocycles. The van der Waals surface area contributed by atoms with E-state index in [-0.39, 0.29) is 0 Å². The number of rotatable bonds is 5. The van der Waals surface area contributed by atoms with Crippen molar-refractivity contribution in [1.82, 2.24) is 9.97 Å². The fraction of sp³-hybridized carbons (Fsp3) is 0.444. The van der Waals surface area contributed by atoms with E-state index >= 15 is 0 Å². The summed E-state index contributed by atoms with van der Waals surface area (Å²) in [5.41, 5.74) is 6.26. The van der Waals surface area contributed by atoms with Gasteiger partial charge in [-0.15, -0.1) is 0 Å². The van der Waals surface area contributed by atoms with Gasteiger partial charge in [0.25, 0.3) is 0 Å². The van der Waals surface area contributed by atoms with Crippen LogP contribution in [0.15, 0.2) is 17.4 Å². The van der Waals surface area contributed by atoms with E-state index in [1.807, 2.05) is 13.0 Å². The van der Waals surface area contributed by atoms with E-state index in [4.69, 9.17) is 10.8 Å². The topological polar surface area (TPSA) is 89.1 Å². The van der Waals surface area contributed by atoms with Gasteiger partial charge < -0.3 is 10.8 Å². The SMILES string of the molecule is Cc1ccnc(SCCC(N)C(=O)O)n1. The number of carboxylic acid groups (broad SMARTS) is 1. The van der Waals surface area contributed by atoms with Gasteiger partial charge in [0.15, 0.2) is 5.16 Å². The Labute approximate surface area is 92.1 Å². The minimum absolute atomic E-state index is 0.414. The molecule has 0 fully saturated rings. The molecule has 0 bridgehead atoms. The molecule has 1 rings (SSSR count). The van der Waals surface area contributed by atoms with Gasteiger partial charge >= 0.3 is 5.97 Å². The average molecular weight is 227 g/mol. The van der Waals surface area contributed by atoms with Crippen LogP contribution < -0.4 is 5.73 Å². The average Bonchev–Trinajstić information content (AvgIpc) is 2.17. The second kappa shape index (κ2) is 5.67. The number of hydrogen-bond donors (Lipinski definition) is 2. The summed E-state index contributed by atoms with van der Waals surface area (Å²) in [7, 11) is 0. The number of aliphatic carboxylic acids is 1. The number of thioether (sulfide) groups is 1. The number of nitrogens with two attached hydrogens (primary N) is 1. The monoisotopic (exact) mass is 227 g/mol. The molecule has 1 atom stereocenters. The first-order valence-electron chi connectivity index (χ1n) is 4.50. The Morgan fingerprint density at radius 1 is 1.73 bits per heavy atom. The molecule has 1 aromatic heterocycles. The Kier molecular flexibility index (Phi) is 4.51. The highest BCUT2D eigenvalue weighted by Crippen LogP contribution is 2.13. The standard InChI is InChI=1S/C9H13N3O2S/c1-6-2-4-11-9(12-6)15-5-3-7(10)8(13)14/h2,4,7H,3,5,10H2,1H3,(H,13,14). The fourth-order valence-electron chi connectivity index (χ4n) is 0.896. The second-order valence-electron chi connectivity index (χ2n) is 3.06. The number of aromatic nitrogens is 2. The van der Waals surface area contributed by atoms with E-state index in [2.05, 4.69) is 9.97 Å². The summed E-state index contributed by atoms with van der Waals surface area (Å²) in [5.74, 6) is -0.363. The Bertz CT molecular complexity index is 346. The lowest BCUT2D eigenvalue weighted by Crippen LogP contribution is -2.30. The third-order valence-electron chi connectivity index (χ3n) is 1.75. The van der Waals surface area contributed by atoms with Crippen LogP contribution in [-0.2, 0) is 4.79 Å². The summed E-state index contributed by atoms with van der Waals surface area (Å²) in [4.78, 5) is 18.7. The van der Waals surface area contributed by atoms with Gasteiger partial charge in [0.1, 0.15) is 6.04 Å². The van der Waals surface area contributed by atoms with Crippen molar-refractivity contribution >= 4 is 17.7 Å². The van der Waals surface area contributed by atoms with Gasteiger partial charge in [-0.05, 0) is 19.4 Å². The Morgan fingerprint density at radius 3 is 3.07 bits per heavy atom. The number of nitrogens with zero attached hydrogens (tertiary/aromatic N) is 2. The van der Waals surface area contributed by atoms with Crippen molar-refractivity contribution in [3.05, 3.63) is 18.0 Å². The molecule has 1 heterocycles. The predicted molar refractivity (Wildman–Crippen MR) is 57.7 cm³/mol. The molecule has 15 heavy (non-hydrogen) atoms. The molecule has 0 aliphatic heterocycles. The maximum atomic E-state index is 10.4. The Morgan fingerprint density at radius 2 is 2.47 bits per heavy atom. The molecular formula is C9H13N3O2S. The summed E-state index contributed by atoms with van der Waals surface area (Å²) in [6, 6.07) is 1.01. The first-order chi connectivity index (χ1) is 7.09. The molecule has 6 heteroatoms. The van der Waals surface area contributed by atoms with Crippen molar-refractivity contribution in [3.63, 3.8) is 0 Å². The Balaban J connectivity index is 2.35. The molecule has 0 amide bonds. The smallest absolute Gasteiger partial charge is 0.320 e. The highest BCUT2D eigenvalue weighted by atomic mass is 32.2. The van der Waals surface area contributed by atoms with Crippen LogP contribution in [0.5, 0.6) is 0 Å². The van der Waals surface area contributed by atoms with E-state index in [9.17, 15) is 4.79 Å². The molecule has 0 saturated heterocycles.